The van der Waals surface area contributed by atoms with E-state index in [2.05, 4.69) is 4.98 Å². The van der Waals surface area contributed by atoms with Gasteiger partial charge < -0.3 is 10.0 Å². The van der Waals surface area contributed by atoms with E-state index in [0.717, 1.165) is 22.3 Å². The van der Waals surface area contributed by atoms with Crippen molar-refractivity contribution in [3.05, 3.63) is 53.0 Å². The molecule has 28 heavy (non-hydrogen) atoms. The molecule has 0 atom stereocenters. The SMILES string of the molecule is CSc1ccccc1N(Cc1nc2c(F)c(F)ccc2s1)C(=O)CCC(=O)O. The number of para-hydroxylation sites is 1. The Balaban J connectivity index is 1.98. The van der Waals surface area contributed by atoms with Gasteiger partial charge in [-0.1, -0.05) is 12.1 Å². The normalized spacial score (nSPS) is 11.0. The summed E-state index contributed by atoms with van der Waals surface area (Å²) in [6.45, 7) is 0.0381. The fourth-order valence-electron chi connectivity index (χ4n) is 2.70. The highest BCUT2D eigenvalue weighted by Crippen LogP contribution is 2.32. The number of carbonyl (C=O) groups is 2. The van der Waals surface area contributed by atoms with Crippen LogP contribution in [0.2, 0.25) is 0 Å². The zero-order valence-corrected chi connectivity index (χ0v) is 16.4. The van der Waals surface area contributed by atoms with Gasteiger partial charge in [0.25, 0.3) is 0 Å². The van der Waals surface area contributed by atoms with Crippen molar-refractivity contribution in [2.75, 3.05) is 11.2 Å². The number of fused-ring (bicyclic) bond motifs is 1. The number of benzene rings is 2. The lowest BCUT2D eigenvalue weighted by Gasteiger charge is -2.23. The first-order valence-electron chi connectivity index (χ1n) is 8.29. The van der Waals surface area contributed by atoms with Crippen molar-refractivity contribution in [3.63, 3.8) is 0 Å². The van der Waals surface area contributed by atoms with Crippen LogP contribution in [0.5, 0.6) is 0 Å². The number of aromatic nitrogens is 1. The molecule has 2 aromatic carbocycles. The molecule has 0 spiro atoms. The number of rotatable bonds is 7. The summed E-state index contributed by atoms with van der Waals surface area (Å²) >= 11 is 2.61. The molecule has 0 radical (unpaired) electrons. The maximum Gasteiger partial charge on any atom is 0.303 e. The van der Waals surface area contributed by atoms with Gasteiger partial charge in [-0.25, -0.2) is 13.8 Å². The summed E-state index contributed by atoms with van der Waals surface area (Å²) in [4.78, 5) is 30.1. The maximum atomic E-state index is 14.0. The Kier molecular flexibility index (Phi) is 6.25. The molecule has 1 amide bonds. The minimum Gasteiger partial charge on any atom is -0.481 e. The first-order valence-corrected chi connectivity index (χ1v) is 10.3. The second kappa shape index (κ2) is 8.66. The quantitative estimate of drug-likeness (QED) is 0.559. The van der Waals surface area contributed by atoms with E-state index in [4.69, 9.17) is 5.11 Å². The predicted molar refractivity (Wildman–Crippen MR) is 106 cm³/mol. The van der Waals surface area contributed by atoms with Crippen LogP contribution >= 0.6 is 23.1 Å². The lowest BCUT2D eigenvalue weighted by Crippen LogP contribution is -2.31. The van der Waals surface area contributed by atoms with Gasteiger partial charge in [-0.05, 0) is 30.5 Å². The highest BCUT2D eigenvalue weighted by Gasteiger charge is 2.22. The number of hydrogen-bond acceptors (Lipinski definition) is 5. The largest absolute Gasteiger partial charge is 0.481 e. The summed E-state index contributed by atoms with van der Waals surface area (Å²) in [5.74, 6) is -3.45. The Labute approximate surface area is 168 Å². The number of thioether (sulfide) groups is 1. The second-order valence-electron chi connectivity index (χ2n) is 5.86. The van der Waals surface area contributed by atoms with Gasteiger partial charge in [-0.15, -0.1) is 23.1 Å². The molecule has 0 bridgehead atoms. The smallest absolute Gasteiger partial charge is 0.303 e. The molecule has 1 N–H and O–H groups in total. The monoisotopic (exact) mass is 422 g/mol. The van der Waals surface area contributed by atoms with Gasteiger partial charge in [0.15, 0.2) is 11.6 Å². The molecule has 1 heterocycles. The van der Waals surface area contributed by atoms with Crippen LogP contribution < -0.4 is 4.90 Å². The first kappa shape index (κ1) is 20.2. The minimum atomic E-state index is -1.07. The third-order valence-corrected chi connectivity index (χ3v) is 5.81. The van der Waals surface area contributed by atoms with Gasteiger partial charge in [0.2, 0.25) is 5.91 Å². The molecular formula is C19H16F2N2O3S2. The Morgan fingerprint density at radius 3 is 2.64 bits per heavy atom. The first-order chi connectivity index (χ1) is 13.4. The van der Waals surface area contributed by atoms with Crippen molar-refractivity contribution in [1.82, 2.24) is 4.98 Å². The number of halogens is 2. The van der Waals surface area contributed by atoms with E-state index in [9.17, 15) is 18.4 Å². The van der Waals surface area contributed by atoms with E-state index < -0.39 is 17.6 Å². The van der Waals surface area contributed by atoms with Gasteiger partial charge in [0.05, 0.1) is 23.4 Å². The van der Waals surface area contributed by atoms with E-state index in [1.54, 1.807) is 12.1 Å². The van der Waals surface area contributed by atoms with Gasteiger partial charge in [-0.3, -0.25) is 9.59 Å². The molecule has 0 aliphatic heterocycles. The minimum absolute atomic E-state index is 0.0381. The molecule has 0 aliphatic carbocycles. The Bertz CT molecular complexity index is 1040. The van der Waals surface area contributed by atoms with E-state index in [0.29, 0.717) is 15.4 Å². The van der Waals surface area contributed by atoms with E-state index in [1.165, 1.54) is 22.7 Å². The highest BCUT2D eigenvalue weighted by atomic mass is 32.2. The number of thiazole rings is 1. The van der Waals surface area contributed by atoms with Crippen LogP contribution in [0, 0.1) is 11.6 Å². The second-order valence-corrected chi connectivity index (χ2v) is 7.82. The number of carboxylic acids is 1. The number of aliphatic carboxylic acids is 1. The molecule has 9 heteroatoms. The van der Waals surface area contributed by atoms with Crippen LogP contribution in [0.15, 0.2) is 41.3 Å². The van der Waals surface area contributed by atoms with Gasteiger partial charge >= 0.3 is 5.97 Å². The molecule has 3 aromatic rings. The Morgan fingerprint density at radius 2 is 1.93 bits per heavy atom. The van der Waals surface area contributed by atoms with Crippen molar-refractivity contribution >= 4 is 50.9 Å². The van der Waals surface area contributed by atoms with Crippen LogP contribution in [-0.2, 0) is 16.1 Å². The zero-order chi connectivity index (χ0) is 20.3. The molecule has 5 nitrogen and oxygen atoms in total. The average molecular weight is 422 g/mol. The van der Waals surface area contributed by atoms with Gasteiger partial charge in [0.1, 0.15) is 10.5 Å². The van der Waals surface area contributed by atoms with Crippen LogP contribution in [0.3, 0.4) is 0 Å². The van der Waals surface area contributed by atoms with E-state index >= 15 is 0 Å². The van der Waals surface area contributed by atoms with Crippen LogP contribution in [-0.4, -0.2) is 28.2 Å². The van der Waals surface area contributed by atoms with Crippen LogP contribution in [0.25, 0.3) is 10.2 Å². The third-order valence-electron chi connectivity index (χ3n) is 4.02. The molecule has 3 rings (SSSR count). The topological polar surface area (TPSA) is 70.5 Å². The predicted octanol–water partition coefficient (Wildman–Crippen LogP) is 4.69. The Hall–Kier alpha value is -2.52. The summed E-state index contributed by atoms with van der Waals surface area (Å²) in [6, 6.07) is 9.72. The maximum absolute atomic E-state index is 14.0. The number of hydrogen-bond donors (Lipinski definition) is 1. The zero-order valence-electron chi connectivity index (χ0n) is 14.8. The van der Waals surface area contributed by atoms with Crippen molar-refractivity contribution < 1.29 is 23.5 Å². The lowest BCUT2D eigenvalue weighted by molar-refractivity contribution is -0.138. The molecule has 0 unspecified atom stereocenters. The highest BCUT2D eigenvalue weighted by molar-refractivity contribution is 7.98. The number of nitrogens with zero attached hydrogens (tertiary/aromatic N) is 2. The van der Waals surface area contributed by atoms with Crippen molar-refractivity contribution in [2.24, 2.45) is 0 Å². The number of amides is 1. The average Bonchev–Trinajstić information content (AvgIpc) is 3.10. The molecule has 0 fully saturated rings. The van der Waals surface area contributed by atoms with Crippen molar-refractivity contribution in [1.29, 1.82) is 0 Å². The molecule has 1 aromatic heterocycles. The molecule has 0 saturated heterocycles. The van der Waals surface area contributed by atoms with Crippen LogP contribution in [0.1, 0.15) is 17.8 Å². The summed E-state index contributed by atoms with van der Waals surface area (Å²) in [5, 5.41) is 9.32. The number of carbonyl (C=O) groups excluding carboxylic acids is 1. The summed E-state index contributed by atoms with van der Waals surface area (Å²) in [7, 11) is 0. The lowest BCUT2D eigenvalue weighted by atomic mass is 10.2. The number of anilines is 1. The molecule has 146 valence electrons. The van der Waals surface area contributed by atoms with Crippen molar-refractivity contribution in [2.45, 2.75) is 24.3 Å². The fourth-order valence-corrected chi connectivity index (χ4v) is 4.25. The molecule has 0 saturated carbocycles. The van der Waals surface area contributed by atoms with Gasteiger partial charge in [0, 0.05) is 11.3 Å². The Morgan fingerprint density at radius 1 is 1.18 bits per heavy atom. The summed E-state index contributed by atoms with van der Waals surface area (Å²) in [5.41, 5.74) is 0.549. The summed E-state index contributed by atoms with van der Waals surface area (Å²) in [6.07, 6.45) is 1.40. The fraction of sp³-hybridized carbons (Fsp3) is 0.211. The van der Waals surface area contributed by atoms with Crippen LogP contribution in [0.4, 0.5) is 14.5 Å². The molecule has 0 aliphatic rings. The third kappa shape index (κ3) is 4.31. The molecular weight excluding hydrogens is 406 g/mol. The summed E-state index contributed by atoms with van der Waals surface area (Å²) < 4.78 is 27.9. The van der Waals surface area contributed by atoms with Gasteiger partial charge in [-0.2, -0.15) is 0 Å². The van der Waals surface area contributed by atoms with Crippen molar-refractivity contribution in [3.8, 4) is 0 Å². The number of carboxylic acid groups (broad SMARTS) is 1. The van der Waals surface area contributed by atoms with E-state index in [1.807, 2.05) is 18.4 Å². The van der Waals surface area contributed by atoms with E-state index in [-0.39, 0.29) is 30.8 Å². The standard InChI is InChI=1S/C19H16F2N2O3S2/c1-27-13-5-3-2-4-12(13)23(16(24)8-9-17(25)26)10-15-22-19-14(28-15)7-6-11(20)18(19)21/h2-7H,8-10H2,1H3,(H,25,26).